The Labute approximate surface area is 188 Å². The summed E-state index contributed by atoms with van der Waals surface area (Å²) in [6.45, 7) is 0.684. The van der Waals surface area contributed by atoms with Gasteiger partial charge in [-0.25, -0.2) is 0 Å². The molecule has 12 heteroatoms. The molecule has 3 aliphatic carbocycles. The maximum absolute atomic E-state index is 7.17. The Morgan fingerprint density at radius 2 is 0.962 bits per heavy atom. The van der Waals surface area contributed by atoms with Gasteiger partial charge >= 0.3 is 0 Å². The summed E-state index contributed by atoms with van der Waals surface area (Å²) >= 11 is 54.5. The summed E-state index contributed by atoms with van der Waals surface area (Å²) in [4.78, 5) is -7.60. The molecule has 2 saturated heterocycles. The van der Waals surface area contributed by atoms with Crippen LogP contribution in [0.1, 0.15) is 0 Å². The molecule has 0 aromatic rings. The zero-order valence-electron chi connectivity index (χ0n) is 12.5. The zero-order chi connectivity index (χ0) is 19.0. The molecule has 3 fully saturated rings. The minimum Gasteiger partial charge on any atom is -0.344 e. The summed E-state index contributed by atoms with van der Waals surface area (Å²) in [5.74, 6) is -3.60. The minimum absolute atomic E-state index is 0.0691. The number of hydrogen-bond donors (Lipinski definition) is 0. The molecule has 2 aliphatic heterocycles. The van der Waals surface area contributed by atoms with Gasteiger partial charge in [0, 0.05) is 0 Å². The Bertz CT molecular complexity index is 803. The summed E-state index contributed by atoms with van der Waals surface area (Å²) in [6.07, 6.45) is 0. The average Bonchev–Trinajstić information content (AvgIpc) is 3.37. The normalized spacial score (nSPS) is 50.8. The second-order valence-corrected chi connectivity index (χ2v) is 10.3. The van der Waals surface area contributed by atoms with Crippen molar-refractivity contribution in [2.75, 3.05) is 26.4 Å². The summed E-state index contributed by atoms with van der Waals surface area (Å²) in [5.41, 5.74) is 0. The zero-order valence-corrected chi connectivity index (χ0v) is 18.5. The summed E-state index contributed by atoms with van der Waals surface area (Å²) < 4.78 is 23.4. The lowest BCUT2D eigenvalue weighted by Crippen LogP contribution is -2.69. The molecule has 0 radical (unpaired) electrons. The third-order valence-corrected chi connectivity index (χ3v) is 11.4. The Morgan fingerprint density at radius 1 is 0.538 bits per heavy atom. The van der Waals surface area contributed by atoms with Gasteiger partial charge in [-0.1, -0.05) is 46.4 Å². The summed E-state index contributed by atoms with van der Waals surface area (Å²) in [7, 11) is 0. The van der Waals surface area contributed by atoms with Gasteiger partial charge in [-0.05, 0) is 0 Å². The average molecular weight is 524 g/mol. The first-order chi connectivity index (χ1) is 12.0. The fourth-order valence-electron chi connectivity index (χ4n) is 4.81. The van der Waals surface area contributed by atoms with E-state index in [1.165, 1.54) is 0 Å². The quantitative estimate of drug-likeness (QED) is 0.428. The van der Waals surface area contributed by atoms with Crippen LogP contribution in [-0.4, -0.2) is 57.5 Å². The van der Waals surface area contributed by atoms with E-state index in [0.717, 1.165) is 0 Å². The first kappa shape index (κ1) is 19.6. The Hall–Kier alpha value is 1.64. The molecule has 4 nitrogen and oxygen atoms in total. The molecule has 0 aromatic carbocycles. The van der Waals surface area contributed by atoms with Crippen LogP contribution in [0.5, 0.6) is 0 Å². The van der Waals surface area contributed by atoms with E-state index in [1.54, 1.807) is 0 Å². The summed E-state index contributed by atoms with van der Waals surface area (Å²) in [5, 5.41) is -0.351. The van der Waals surface area contributed by atoms with Gasteiger partial charge in [0.05, 0.1) is 46.6 Å². The Kier molecular flexibility index (Phi) is 3.97. The maximum atomic E-state index is 7.17. The smallest absolute Gasteiger partial charge is 0.231 e. The van der Waals surface area contributed by atoms with Crippen molar-refractivity contribution in [2.24, 2.45) is 0 Å². The van der Waals surface area contributed by atoms with E-state index in [-0.39, 0.29) is 46.6 Å². The van der Waals surface area contributed by atoms with Gasteiger partial charge in [0.15, 0.2) is 14.6 Å². The molecule has 2 heterocycles. The lowest BCUT2D eigenvalue weighted by molar-refractivity contribution is -0.192. The molecule has 5 rings (SSSR count). The molecule has 2 bridgehead atoms. The Morgan fingerprint density at radius 3 is 1.50 bits per heavy atom. The molecule has 144 valence electrons. The predicted octanol–water partition coefficient (Wildman–Crippen LogP) is 4.80. The van der Waals surface area contributed by atoms with Crippen LogP contribution < -0.4 is 0 Å². The molecule has 0 unspecified atom stereocenters. The SMILES string of the molecule is ClC1=C(Cl)[C@@]2(Cl)[C@](Cl)(C13OCCO3)[C@]1(Cl)C(Cl)=C(Cl)[C@]2(Cl)C12OCCO2. The lowest BCUT2D eigenvalue weighted by Gasteiger charge is -2.50. The van der Waals surface area contributed by atoms with Crippen molar-refractivity contribution in [3.05, 3.63) is 20.1 Å². The number of halogens is 8. The van der Waals surface area contributed by atoms with Gasteiger partial charge in [0.25, 0.3) is 0 Å². The van der Waals surface area contributed by atoms with Gasteiger partial charge in [-0.3, -0.25) is 0 Å². The van der Waals surface area contributed by atoms with Crippen LogP contribution in [0.3, 0.4) is 0 Å². The second kappa shape index (κ2) is 5.27. The second-order valence-electron chi connectivity index (χ2n) is 6.52. The molecular formula is C14H8Cl8O4. The monoisotopic (exact) mass is 520 g/mol. The number of hydrogen-bond acceptors (Lipinski definition) is 4. The maximum Gasteiger partial charge on any atom is 0.231 e. The van der Waals surface area contributed by atoms with Gasteiger partial charge in [-0.15, -0.1) is 46.4 Å². The van der Waals surface area contributed by atoms with Crippen LogP contribution >= 0.6 is 92.8 Å². The number of rotatable bonds is 0. The minimum atomic E-state index is -1.93. The van der Waals surface area contributed by atoms with E-state index in [4.69, 9.17) is 112 Å². The molecule has 0 N–H and O–H groups in total. The van der Waals surface area contributed by atoms with Crippen LogP contribution in [0.15, 0.2) is 20.1 Å². The number of alkyl halides is 4. The van der Waals surface area contributed by atoms with Crippen LogP contribution in [0.25, 0.3) is 0 Å². The van der Waals surface area contributed by atoms with Crippen LogP contribution in [0.4, 0.5) is 0 Å². The molecular weight excluding hydrogens is 516 g/mol. The van der Waals surface area contributed by atoms with Crippen molar-refractivity contribution in [3.63, 3.8) is 0 Å². The van der Waals surface area contributed by atoms with Gasteiger partial charge in [0.2, 0.25) is 11.6 Å². The number of allylic oxidation sites excluding steroid dienone is 1. The number of ether oxygens (including phenoxy) is 4. The number of fused-ring (bicyclic) bond motifs is 4. The van der Waals surface area contributed by atoms with Crippen molar-refractivity contribution in [2.45, 2.75) is 31.1 Å². The van der Waals surface area contributed by atoms with E-state index in [1.807, 2.05) is 0 Å². The third kappa shape index (κ3) is 1.39. The fraction of sp³-hybridized carbons (Fsp3) is 0.714. The van der Waals surface area contributed by atoms with E-state index in [2.05, 4.69) is 0 Å². The van der Waals surface area contributed by atoms with Crippen LogP contribution in [0.2, 0.25) is 0 Å². The van der Waals surface area contributed by atoms with Crippen LogP contribution in [0, 0.1) is 0 Å². The fourth-order valence-corrected chi connectivity index (χ4v) is 9.39. The van der Waals surface area contributed by atoms with Crippen LogP contribution in [-0.2, 0) is 18.9 Å². The topological polar surface area (TPSA) is 36.9 Å². The van der Waals surface area contributed by atoms with E-state index >= 15 is 0 Å². The lowest BCUT2D eigenvalue weighted by atomic mass is 9.79. The van der Waals surface area contributed by atoms with Crippen molar-refractivity contribution >= 4 is 92.8 Å². The molecule has 5 aliphatic rings. The van der Waals surface area contributed by atoms with Gasteiger partial charge in [-0.2, -0.15) is 0 Å². The highest BCUT2D eigenvalue weighted by atomic mass is 35.5. The van der Waals surface area contributed by atoms with Crippen molar-refractivity contribution in [1.82, 2.24) is 0 Å². The predicted molar refractivity (Wildman–Crippen MR) is 101 cm³/mol. The molecule has 2 spiro atoms. The largest absolute Gasteiger partial charge is 0.344 e. The van der Waals surface area contributed by atoms with Crippen molar-refractivity contribution in [3.8, 4) is 0 Å². The highest BCUT2D eigenvalue weighted by Crippen LogP contribution is 2.87. The Balaban J connectivity index is 1.95. The van der Waals surface area contributed by atoms with E-state index in [9.17, 15) is 0 Å². The van der Waals surface area contributed by atoms with Gasteiger partial charge < -0.3 is 18.9 Å². The van der Waals surface area contributed by atoms with E-state index < -0.39 is 31.1 Å². The summed E-state index contributed by atoms with van der Waals surface area (Å²) in [6, 6.07) is 0. The highest BCUT2D eigenvalue weighted by molar-refractivity contribution is 6.63. The molecule has 4 atom stereocenters. The first-order valence-electron chi connectivity index (χ1n) is 7.48. The van der Waals surface area contributed by atoms with Crippen molar-refractivity contribution < 1.29 is 18.9 Å². The molecule has 0 amide bonds. The standard InChI is InChI=1S/C14H8Cl8O4/c15-5-6(16)11(21)13(22)9(19,10(5,20)14(11)25-3-4-26-14)7(17)8(18)12(13)23-1-2-24-12/h1-4H2/t9-,10+,11+,13+/m0/s1. The molecule has 1 saturated carbocycles. The van der Waals surface area contributed by atoms with Gasteiger partial charge in [0.1, 0.15) is 4.87 Å². The first-order valence-corrected chi connectivity index (χ1v) is 10.5. The molecule has 0 aromatic heterocycles. The highest BCUT2D eigenvalue weighted by Gasteiger charge is 3.02. The van der Waals surface area contributed by atoms with E-state index in [0.29, 0.717) is 0 Å². The van der Waals surface area contributed by atoms with Crippen molar-refractivity contribution in [1.29, 1.82) is 0 Å². The third-order valence-electron chi connectivity index (χ3n) is 5.75. The molecule has 26 heavy (non-hydrogen) atoms.